The predicted octanol–water partition coefficient (Wildman–Crippen LogP) is 3.51. The lowest BCUT2D eigenvalue weighted by Crippen LogP contribution is -2.38. The molecule has 0 spiro atoms. The Balaban J connectivity index is 1.80. The maximum absolute atomic E-state index is 12.0. The molecule has 1 heterocycles. The van der Waals surface area contributed by atoms with Crippen molar-refractivity contribution in [1.29, 1.82) is 0 Å². The highest BCUT2D eigenvalue weighted by Crippen LogP contribution is 2.29. The average molecular weight is 335 g/mol. The lowest BCUT2D eigenvalue weighted by Gasteiger charge is -2.13. The second kappa shape index (κ2) is 5.81. The van der Waals surface area contributed by atoms with Gasteiger partial charge in [0, 0.05) is 16.5 Å². The van der Waals surface area contributed by atoms with Crippen LogP contribution in [0.2, 0.25) is 0 Å². The van der Waals surface area contributed by atoms with Crippen molar-refractivity contribution in [2.24, 2.45) is 0 Å². The van der Waals surface area contributed by atoms with Crippen molar-refractivity contribution < 1.29 is 9.53 Å². The summed E-state index contributed by atoms with van der Waals surface area (Å²) in [6.07, 6.45) is 0.870. The van der Waals surface area contributed by atoms with Crippen LogP contribution in [0.3, 0.4) is 0 Å². The van der Waals surface area contributed by atoms with Gasteiger partial charge in [-0.05, 0) is 23.9 Å². The van der Waals surface area contributed by atoms with Crippen molar-refractivity contribution >= 4 is 38.4 Å². The molecule has 4 nitrogen and oxygen atoms in total. The number of halogens is 1. The second-order valence-electron chi connectivity index (χ2n) is 4.80. The van der Waals surface area contributed by atoms with Gasteiger partial charge in [0.15, 0.2) is 0 Å². The summed E-state index contributed by atoms with van der Waals surface area (Å²) < 4.78 is 6.26. The third-order valence-electron chi connectivity index (χ3n) is 3.38. The number of hydrogen-bond donors (Lipinski definition) is 2. The van der Waals surface area contributed by atoms with Crippen LogP contribution in [-0.2, 0) is 4.74 Å². The van der Waals surface area contributed by atoms with E-state index in [-0.39, 0.29) is 12.1 Å². The monoisotopic (exact) mass is 334 g/mol. The molecule has 3 rings (SSSR count). The van der Waals surface area contributed by atoms with E-state index in [4.69, 9.17) is 4.74 Å². The molecule has 2 aromatic carbocycles. The minimum absolute atomic E-state index is 0.108. The zero-order chi connectivity index (χ0) is 13.9. The third kappa shape index (κ3) is 2.78. The Morgan fingerprint density at radius 2 is 2.00 bits per heavy atom. The Morgan fingerprint density at radius 1 is 1.20 bits per heavy atom. The van der Waals surface area contributed by atoms with E-state index in [1.807, 2.05) is 36.4 Å². The van der Waals surface area contributed by atoms with Gasteiger partial charge in [-0.1, -0.05) is 40.2 Å². The van der Waals surface area contributed by atoms with Gasteiger partial charge >= 0.3 is 6.03 Å². The summed E-state index contributed by atoms with van der Waals surface area (Å²) in [5, 5.41) is 7.92. The van der Waals surface area contributed by atoms with Crippen molar-refractivity contribution in [3.63, 3.8) is 0 Å². The number of urea groups is 1. The number of benzene rings is 2. The van der Waals surface area contributed by atoms with Crippen LogP contribution >= 0.6 is 15.9 Å². The minimum atomic E-state index is -0.187. The van der Waals surface area contributed by atoms with Gasteiger partial charge < -0.3 is 15.4 Å². The number of nitrogens with one attached hydrogen (secondary N) is 2. The molecule has 5 heteroatoms. The molecule has 0 saturated carbocycles. The molecular formula is C15H15BrN2O2. The molecule has 1 saturated heterocycles. The lowest BCUT2D eigenvalue weighted by atomic mass is 10.1. The van der Waals surface area contributed by atoms with Crippen LogP contribution in [-0.4, -0.2) is 25.3 Å². The summed E-state index contributed by atoms with van der Waals surface area (Å²) >= 11 is 3.52. The van der Waals surface area contributed by atoms with E-state index in [2.05, 4.69) is 26.6 Å². The van der Waals surface area contributed by atoms with Gasteiger partial charge in [-0.15, -0.1) is 0 Å². The summed E-state index contributed by atoms with van der Waals surface area (Å²) in [6, 6.07) is 11.7. The minimum Gasteiger partial charge on any atom is -0.379 e. The predicted molar refractivity (Wildman–Crippen MR) is 83.0 cm³/mol. The van der Waals surface area contributed by atoms with E-state index in [1.165, 1.54) is 0 Å². The third-order valence-corrected chi connectivity index (χ3v) is 4.08. The molecule has 2 amide bonds. The zero-order valence-corrected chi connectivity index (χ0v) is 12.4. The van der Waals surface area contributed by atoms with Gasteiger partial charge in [0.1, 0.15) is 0 Å². The molecule has 0 bridgehead atoms. The molecular weight excluding hydrogens is 320 g/mol. The molecule has 0 radical (unpaired) electrons. The normalized spacial score (nSPS) is 18.1. The van der Waals surface area contributed by atoms with Crippen molar-refractivity contribution in [3.8, 4) is 0 Å². The van der Waals surface area contributed by atoms with Crippen molar-refractivity contribution in [2.75, 3.05) is 18.5 Å². The highest BCUT2D eigenvalue weighted by molar-refractivity contribution is 9.10. The fraction of sp³-hybridized carbons (Fsp3) is 0.267. The van der Waals surface area contributed by atoms with Crippen LogP contribution in [0.4, 0.5) is 10.5 Å². The molecule has 1 aliphatic rings. The van der Waals surface area contributed by atoms with E-state index in [9.17, 15) is 4.79 Å². The van der Waals surface area contributed by atoms with Gasteiger partial charge in [0.25, 0.3) is 0 Å². The van der Waals surface area contributed by atoms with Crippen molar-refractivity contribution in [1.82, 2.24) is 5.32 Å². The number of carbonyl (C=O) groups is 1. The molecule has 2 N–H and O–H groups in total. The Bertz CT molecular complexity index is 639. The second-order valence-corrected chi connectivity index (χ2v) is 5.65. The summed E-state index contributed by atoms with van der Waals surface area (Å²) in [4.78, 5) is 12.0. The van der Waals surface area contributed by atoms with Crippen LogP contribution in [0.5, 0.6) is 0 Å². The smallest absolute Gasteiger partial charge is 0.319 e. The Morgan fingerprint density at radius 3 is 2.75 bits per heavy atom. The number of amides is 2. The van der Waals surface area contributed by atoms with Gasteiger partial charge in [-0.2, -0.15) is 0 Å². The average Bonchev–Trinajstić information content (AvgIpc) is 2.95. The zero-order valence-electron chi connectivity index (χ0n) is 10.9. The van der Waals surface area contributed by atoms with Crippen molar-refractivity contribution in [3.05, 3.63) is 40.9 Å². The lowest BCUT2D eigenvalue weighted by molar-refractivity contribution is 0.189. The summed E-state index contributed by atoms with van der Waals surface area (Å²) in [5.41, 5.74) is 0.806. The molecule has 1 unspecified atom stereocenters. The first-order chi connectivity index (χ1) is 9.74. The molecule has 1 fully saturated rings. The number of hydrogen-bond acceptors (Lipinski definition) is 2. The molecule has 20 heavy (non-hydrogen) atoms. The van der Waals surface area contributed by atoms with E-state index in [1.54, 1.807) is 0 Å². The fourth-order valence-electron chi connectivity index (χ4n) is 2.36. The van der Waals surface area contributed by atoms with E-state index < -0.39 is 0 Å². The molecule has 0 aliphatic carbocycles. The topological polar surface area (TPSA) is 50.4 Å². The summed E-state index contributed by atoms with van der Waals surface area (Å²) in [5.74, 6) is 0. The first kappa shape index (κ1) is 13.4. The number of anilines is 1. The SMILES string of the molecule is O=C(Nc1ccc(Br)c2ccccc12)NC1CCOC1. The molecule has 1 atom stereocenters. The van der Waals surface area contributed by atoms with Crippen LogP contribution in [0.15, 0.2) is 40.9 Å². The Labute approximate surface area is 125 Å². The van der Waals surface area contributed by atoms with E-state index in [0.717, 1.165) is 27.4 Å². The van der Waals surface area contributed by atoms with Crippen molar-refractivity contribution in [2.45, 2.75) is 12.5 Å². The van der Waals surface area contributed by atoms with Crippen LogP contribution in [0.25, 0.3) is 10.8 Å². The molecule has 0 aromatic heterocycles. The fourth-order valence-corrected chi connectivity index (χ4v) is 2.84. The first-order valence-electron chi connectivity index (χ1n) is 6.56. The standard InChI is InChI=1S/C15H15BrN2O2/c16-13-5-6-14(12-4-2-1-3-11(12)13)18-15(19)17-10-7-8-20-9-10/h1-6,10H,7-9H2,(H2,17,18,19). The van der Waals surface area contributed by atoms with Gasteiger partial charge in [-0.25, -0.2) is 4.79 Å². The number of ether oxygens (including phenoxy) is 1. The van der Waals surface area contributed by atoms with Crippen LogP contribution < -0.4 is 10.6 Å². The maximum Gasteiger partial charge on any atom is 0.319 e. The van der Waals surface area contributed by atoms with Gasteiger partial charge in [0.05, 0.1) is 18.3 Å². The first-order valence-corrected chi connectivity index (χ1v) is 7.36. The van der Waals surface area contributed by atoms with Gasteiger partial charge in [0.2, 0.25) is 0 Å². The highest BCUT2D eigenvalue weighted by Gasteiger charge is 2.18. The molecule has 2 aromatic rings. The van der Waals surface area contributed by atoms with E-state index in [0.29, 0.717) is 13.2 Å². The Kier molecular flexibility index (Phi) is 3.89. The number of carbonyl (C=O) groups excluding carboxylic acids is 1. The highest BCUT2D eigenvalue weighted by atomic mass is 79.9. The summed E-state index contributed by atoms with van der Waals surface area (Å²) in [7, 11) is 0. The number of fused-ring (bicyclic) bond motifs is 1. The number of rotatable bonds is 2. The van der Waals surface area contributed by atoms with Crippen LogP contribution in [0, 0.1) is 0 Å². The largest absolute Gasteiger partial charge is 0.379 e. The Hall–Kier alpha value is -1.59. The summed E-state index contributed by atoms with van der Waals surface area (Å²) in [6.45, 7) is 1.31. The van der Waals surface area contributed by atoms with Crippen LogP contribution in [0.1, 0.15) is 6.42 Å². The molecule has 1 aliphatic heterocycles. The maximum atomic E-state index is 12.0. The quantitative estimate of drug-likeness (QED) is 0.882. The van der Waals surface area contributed by atoms with E-state index >= 15 is 0 Å². The molecule has 104 valence electrons. The van der Waals surface area contributed by atoms with Gasteiger partial charge in [-0.3, -0.25) is 0 Å².